The standard InChI is InChI=1S/C15H17ClN4O2/c1-10(21)4-5-13(22)18-8-6-12-14(19-20-15(12)16)11-3-2-7-17-9-11/h2-3,7,9H,4-6,8H2,1H3,(H,18,22)(H,19,20). The summed E-state index contributed by atoms with van der Waals surface area (Å²) in [4.78, 5) is 26.5. The van der Waals surface area contributed by atoms with Crippen molar-refractivity contribution in [2.45, 2.75) is 26.2 Å². The number of halogens is 1. The van der Waals surface area contributed by atoms with Crippen LogP contribution in [-0.2, 0) is 16.0 Å². The summed E-state index contributed by atoms with van der Waals surface area (Å²) < 4.78 is 0. The molecule has 2 aromatic rings. The lowest BCUT2D eigenvalue weighted by molar-refractivity contribution is -0.124. The molecule has 7 heteroatoms. The molecule has 116 valence electrons. The van der Waals surface area contributed by atoms with Crippen LogP contribution >= 0.6 is 11.6 Å². The van der Waals surface area contributed by atoms with Gasteiger partial charge in [0.15, 0.2) is 0 Å². The Morgan fingerprint density at radius 2 is 2.18 bits per heavy atom. The summed E-state index contributed by atoms with van der Waals surface area (Å²) in [6, 6.07) is 3.72. The van der Waals surface area contributed by atoms with Crippen molar-refractivity contribution >= 4 is 23.3 Å². The Kier molecular flexibility index (Phi) is 5.66. The van der Waals surface area contributed by atoms with Gasteiger partial charge in [0, 0.05) is 42.9 Å². The second-order valence-corrected chi connectivity index (χ2v) is 5.29. The second kappa shape index (κ2) is 7.70. The number of carbonyl (C=O) groups excluding carboxylic acids is 2. The highest BCUT2D eigenvalue weighted by atomic mass is 35.5. The zero-order chi connectivity index (χ0) is 15.9. The number of hydrogen-bond acceptors (Lipinski definition) is 4. The fourth-order valence-electron chi connectivity index (χ4n) is 2.02. The summed E-state index contributed by atoms with van der Waals surface area (Å²) in [5, 5.41) is 10.2. The van der Waals surface area contributed by atoms with Crippen LogP contribution in [0.2, 0.25) is 5.15 Å². The first-order valence-corrected chi connectivity index (χ1v) is 7.35. The molecule has 0 fully saturated rings. The van der Waals surface area contributed by atoms with Crippen molar-refractivity contribution in [3.8, 4) is 11.3 Å². The van der Waals surface area contributed by atoms with E-state index in [0.717, 1.165) is 16.8 Å². The number of nitrogens with one attached hydrogen (secondary N) is 2. The van der Waals surface area contributed by atoms with E-state index < -0.39 is 0 Å². The van der Waals surface area contributed by atoms with Crippen molar-refractivity contribution in [2.75, 3.05) is 6.54 Å². The van der Waals surface area contributed by atoms with Crippen molar-refractivity contribution < 1.29 is 9.59 Å². The van der Waals surface area contributed by atoms with Crippen LogP contribution in [0.15, 0.2) is 24.5 Å². The Bertz CT molecular complexity index is 655. The third-order valence-corrected chi connectivity index (χ3v) is 3.47. The van der Waals surface area contributed by atoms with Gasteiger partial charge in [0.25, 0.3) is 0 Å². The highest BCUT2D eigenvalue weighted by molar-refractivity contribution is 6.30. The molecule has 0 spiro atoms. The molecule has 2 aromatic heterocycles. The molecule has 0 saturated carbocycles. The number of pyridine rings is 1. The maximum Gasteiger partial charge on any atom is 0.220 e. The summed E-state index contributed by atoms with van der Waals surface area (Å²) >= 11 is 6.12. The summed E-state index contributed by atoms with van der Waals surface area (Å²) in [5.41, 5.74) is 2.43. The number of ketones is 1. The monoisotopic (exact) mass is 320 g/mol. The molecule has 0 aliphatic heterocycles. The highest BCUT2D eigenvalue weighted by Crippen LogP contribution is 2.26. The van der Waals surface area contributed by atoms with Gasteiger partial charge in [0.2, 0.25) is 5.91 Å². The Morgan fingerprint density at radius 1 is 1.36 bits per heavy atom. The topological polar surface area (TPSA) is 87.7 Å². The maximum absolute atomic E-state index is 11.6. The molecule has 6 nitrogen and oxygen atoms in total. The summed E-state index contributed by atoms with van der Waals surface area (Å²) in [7, 11) is 0. The summed E-state index contributed by atoms with van der Waals surface area (Å²) in [6.45, 7) is 1.90. The van der Waals surface area contributed by atoms with Crippen LogP contribution in [0.25, 0.3) is 11.3 Å². The lowest BCUT2D eigenvalue weighted by Gasteiger charge is -2.05. The molecule has 0 unspecified atom stereocenters. The van der Waals surface area contributed by atoms with Gasteiger partial charge in [-0.1, -0.05) is 11.6 Å². The Labute approximate surface area is 133 Å². The number of Topliss-reactive ketones (excluding diaryl/α,β-unsaturated/α-hetero) is 1. The summed E-state index contributed by atoms with van der Waals surface area (Å²) in [5.74, 6) is -0.135. The van der Waals surface area contributed by atoms with Crippen molar-refractivity contribution in [2.24, 2.45) is 0 Å². The molecule has 0 aliphatic rings. The number of hydrogen-bond donors (Lipinski definition) is 2. The molecule has 0 bridgehead atoms. The lowest BCUT2D eigenvalue weighted by Crippen LogP contribution is -2.25. The van der Waals surface area contributed by atoms with Gasteiger partial charge in [-0.05, 0) is 25.5 Å². The van der Waals surface area contributed by atoms with Gasteiger partial charge in [-0.2, -0.15) is 5.10 Å². The fourth-order valence-corrected chi connectivity index (χ4v) is 2.24. The molecular formula is C15H17ClN4O2. The van der Waals surface area contributed by atoms with Crippen LogP contribution in [0, 0.1) is 0 Å². The second-order valence-electron chi connectivity index (χ2n) is 4.91. The van der Waals surface area contributed by atoms with Gasteiger partial charge < -0.3 is 10.1 Å². The van der Waals surface area contributed by atoms with Gasteiger partial charge in [-0.3, -0.25) is 14.9 Å². The molecule has 2 N–H and O–H groups in total. The van der Waals surface area contributed by atoms with Crippen molar-refractivity contribution in [1.29, 1.82) is 0 Å². The molecule has 0 radical (unpaired) electrons. The van der Waals surface area contributed by atoms with Crippen LogP contribution in [0.1, 0.15) is 25.3 Å². The van der Waals surface area contributed by atoms with Crippen LogP contribution in [0.3, 0.4) is 0 Å². The average Bonchev–Trinajstić information content (AvgIpc) is 2.87. The number of nitrogens with zero attached hydrogens (tertiary/aromatic N) is 2. The molecule has 2 rings (SSSR count). The smallest absolute Gasteiger partial charge is 0.220 e. The lowest BCUT2D eigenvalue weighted by atomic mass is 10.1. The zero-order valence-electron chi connectivity index (χ0n) is 12.2. The van der Waals surface area contributed by atoms with E-state index in [-0.39, 0.29) is 24.5 Å². The van der Waals surface area contributed by atoms with E-state index >= 15 is 0 Å². The molecule has 0 aromatic carbocycles. The van der Waals surface area contributed by atoms with Crippen LogP contribution in [0.4, 0.5) is 0 Å². The number of carbonyl (C=O) groups is 2. The van der Waals surface area contributed by atoms with Crippen molar-refractivity contribution in [1.82, 2.24) is 20.5 Å². The van der Waals surface area contributed by atoms with Crippen LogP contribution in [-0.4, -0.2) is 33.4 Å². The van der Waals surface area contributed by atoms with Gasteiger partial charge >= 0.3 is 0 Å². The van der Waals surface area contributed by atoms with Crippen molar-refractivity contribution in [3.63, 3.8) is 0 Å². The largest absolute Gasteiger partial charge is 0.356 e. The van der Waals surface area contributed by atoms with Gasteiger partial charge in [0.05, 0.1) is 5.69 Å². The first kappa shape index (κ1) is 16.2. The Balaban J connectivity index is 1.95. The maximum atomic E-state index is 11.6. The first-order chi connectivity index (χ1) is 10.6. The van der Waals surface area contributed by atoms with Crippen LogP contribution < -0.4 is 5.32 Å². The predicted octanol–water partition coefficient (Wildman–Crippen LogP) is 2.15. The molecule has 1 amide bonds. The number of aromatic nitrogens is 3. The van der Waals surface area contributed by atoms with Crippen molar-refractivity contribution in [3.05, 3.63) is 35.2 Å². The summed E-state index contributed by atoms with van der Waals surface area (Å²) in [6.07, 6.45) is 4.42. The highest BCUT2D eigenvalue weighted by Gasteiger charge is 2.14. The molecule has 0 saturated heterocycles. The molecule has 0 aliphatic carbocycles. The molecule has 0 atom stereocenters. The predicted molar refractivity (Wildman–Crippen MR) is 83.5 cm³/mol. The number of aromatic amines is 1. The number of H-pyrrole nitrogens is 1. The molecular weight excluding hydrogens is 304 g/mol. The van der Waals surface area contributed by atoms with Gasteiger partial charge in [-0.25, -0.2) is 0 Å². The normalized spacial score (nSPS) is 10.5. The third-order valence-electron chi connectivity index (χ3n) is 3.15. The minimum atomic E-state index is -0.141. The average molecular weight is 321 g/mol. The SMILES string of the molecule is CC(=O)CCC(=O)NCCc1c(-c2cccnc2)n[nH]c1Cl. The number of amides is 1. The first-order valence-electron chi connectivity index (χ1n) is 6.97. The quantitative estimate of drug-likeness (QED) is 0.818. The Morgan fingerprint density at radius 3 is 2.86 bits per heavy atom. The minimum Gasteiger partial charge on any atom is -0.356 e. The third kappa shape index (κ3) is 4.39. The molecule has 22 heavy (non-hydrogen) atoms. The van der Waals surface area contributed by atoms with Gasteiger partial charge in [0.1, 0.15) is 10.9 Å². The zero-order valence-corrected chi connectivity index (χ0v) is 13.0. The van der Waals surface area contributed by atoms with E-state index in [4.69, 9.17) is 11.6 Å². The molecule has 2 heterocycles. The van der Waals surface area contributed by atoms with Gasteiger partial charge in [-0.15, -0.1) is 0 Å². The van der Waals surface area contributed by atoms with E-state index in [2.05, 4.69) is 20.5 Å². The minimum absolute atomic E-state index is 0.00638. The number of rotatable bonds is 7. The van der Waals surface area contributed by atoms with Crippen LogP contribution in [0.5, 0.6) is 0 Å². The fraction of sp³-hybridized carbons (Fsp3) is 0.333. The Hall–Kier alpha value is -2.21. The van der Waals surface area contributed by atoms with E-state index in [1.165, 1.54) is 6.92 Å². The van der Waals surface area contributed by atoms with E-state index in [9.17, 15) is 9.59 Å². The van der Waals surface area contributed by atoms with E-state index in [1.54, 1.807) is 12.4 Å². The van der Waals surface area contributed by atoms with E-state index in [1.807, 2.05) is 12.1 Å². The van der Waals surface area contributed by atoms with E-state index in [0.29, 0.717) is 18.1 Å².